The first-order valence-electron chi connectivity index (χ1n) is 10.4. The summed E-state index contributed by atoms with van der Waals surface area (Å²) in [6.07, 6.45) is 6.03. The summed E-state index contributed by atoms with van der Waals surface area (Å²) in [5.41, 5.74) is 1.03. The number of rotatable bonds is 4. The topological polar surface area (TPSA) is 42.0 Å². The van der Waals surface area contributed by atoms with Gasteiger partial charge in [0.25, 0.3) is 5.91 Å². The van der Waals surface area contributed by atoms with E-state index in [1.54, 1.807) is 7.11 Å². The lowest BCUT2D eigenvalue weighted by Crippen LogP contribution is -2.47. The molecule has 1 atom stereocenters. The van der Waals surface area contributed by atoms with E-state index in [0.717, 1.165) is 56.5 Å². The molecule has 0 radical (unpaired) electrons. The molecule has 148 valence electrons. The van der Waals surface area contributed by atoms with Crippen molar-refractivity contribution < 1.29 is 14.3 Å². The molecule has 0 saturated carbocycles. The van der Waals surface area contributed by atoms with Gasteiger partial charge in [0, 0.05) is 50.4 Å². The van der Waals surface area contributed by atoms with Crippen molar-refractivity contribution in [1.29, 1.82) is 0 Å². The average molecular weight is 373 g/mol. The van der Waals surface area contributed by atoms with Crippen LogP contribution in [0.25, 0.3) is 0 Å². The summed E-state index contributed by atoms with van der Waals surface area (Å²) in [5.74, 6) is 1.67. The summed E-state index contributed by atoms with van der Waals surface area (Å²) in [7, 11) is 1.64. The quantitative estimate of drug-likeness (QED) is 0.815. The van der Waals surface area contributed by atoms with Gasteiger partial charge in [0.2, 0.25) is 0 Å². The number of amides is 1. The van der Waals surface area contributed by atoms with Crippen LogP contribution in [0.5, 0.6) is 5.75 Å². The molecule has 0 aliphatic carbocycles. The monoisotopic (exact) mass is 372 g/mol. The number of benzene rings is 1. The zero-order valence-electron chi connectivity index (χ0n) is 16.5. The fraction of sp³-hybridized carbons (Fsp3) is 0.682. The van der Waals surface area contributed by atoms with Crippen molar-refractivity contribution in [2.24, 2.45) is 11.3 Å². The Morgan fingerprint density at radius 2 is 2.07 bits per heavy atom. The molecule has 4 rings (SSSR count). The Labute approximate surface area is 162 Å². The lowest BCUT2D eigenvalue weighted by atomic mass is 9.79. The fourth-order valence-corrected chi connectivity index (χ4v) is 5.14. The van der Waals surface area contributed by atoms with Crippen LogP contribution in [0.4, 0.5) is 0 Å². The van der Waals surface area contributed by atoms with E-state index in [2.05, 4.69) is 9.80 Å². The molecule has 27 heavy (non-hydrogen) atoms. The highest BCUT2D eigenvalue weighted by molar-refractivity contribution is 5.94. The van der Waals surface area contributed by atoms with Crippen LogP contribution in [0.15, 0.2) is 24.3 Å². The molecule has 1 amide bonds. The van der Waals surface area contributed by atoms with Crippen LogP contribution < -0.4 is 4.74 Å². The number of nitrogens with zero attached hydrogens (tertiary/aromatic N) is 2. The first kappa shape index (κ1) is 18.8. The number of carbonyl (C=O) groups excluding carboxylic acids is 1. The average Bonchev–Trinajstić information content (AvgIpc) is 3.11. The highest BCUT2D eigenvalue weighted by Crippen LogP contribution is 2.40. The van der Waals surface area contributed by atoms with Crippen molar-refractivity contribution in [2.45, 2.75) is 32.1 Å². The van der Waals surface area contributed by atoms with Crippen molar-refractivity contribution in [3.8, 4) is 5.75 Å². The third-order valence-corrected chi connectivity index (χ3v) is 6.64. The lowest BCUT2D eigenvalue weighted by molar-refractivity contribution is 0.0309. The Hall–Kier alpha value is -1.59. The third kappa shape index (κ3) is 4.30. The van der Waals surface area contributed by atoms with E-state index < -0.39 is 0 Å². The first-order chi connectivity index (χ1) is 13.2. The van der Waals surface area contributed by atoms with E-state index >= 15 is 0 Å². The van der Waals surface area contributed by atoms with Crippen LogP contribution in [0, 0.1) is 11.3 Å². The van der Waals surface area contributed by atoms with Crippen LogP contribution in [0.1, 0.15) is 42.5 Å². The summed E-state index contributed by atoms with van der Waals surface area (Å²) in [6, 6.07) is 7.53. The van der Waals surface area contributed by atoms with Crippen molar-refractivity contribution in [1.82, 2.24) is 9.80 Å². The standard InChI is InChI=1S/C22H32N2O3/c1-26-20-5-2-4-19(14-20)21(25)24-11-9-22(17-24)8-3-10-23(16-22)15-18-6-12-27-13-7-18/h2,4-5,14,18H,3,6-13,15-17H2,1H3/t22-/m1/s1. The third-order valence-electron chi connectivity index (χ3n) is 6.64. The van der Waals surface area contributed by atoms with Gasteiger partial charge in [-0.3, -0.25) is 4.79 Å². The van der Waals surface area contributed by atoms with Gasteiger partial charge in [-0.05, 0) is 62.8 Å². The van der Waals surface area contributed by atoms with Gasteiger partial charge in [0.1, 0.15) is 5.75 Å². The minimum atomic E-state index is 0.146. The fourth-order valence-electron chi connectivity index (χ4n) is 5.14. The van der Waals surface area contributed by atoms with E-state index in [9.17, 15) is 4.79 Å². The van der Waals surface area contributed by atoms with Crippen LogP contribution in [-0.4, -0.2) is 68.8 Å². The number of hydrogen-bond donors (Lipinski definition) is 0. The van der Waals surface area contributed by atoms with Gasteiger partial charge < -0.3 is 19.3 Å². The Bertz CT molecular complexity index is 659. The predicted octanol–water partition coefficient (Wildman–Crippen LogP) is 3.05. The molecule has 0 bridgehead atoms. The number of piperidine rings is 1. The molecule has 1 aromatic carbocycles. The summed E-state index contributed by atoms with van der Waals surface area (Å²) >= 11 is 0. The number of ether oxygens (including phenoxy) is 2. The largest absolute Gasteiger partial charge is 0.497 e. The molecule has 1 aromatic rings. The summed E-state index contributed by atoms with van der Waals surface area (Å²) in [6.45, 7) is 7.18. The Kier molecular flexibility index (Phi) is 5.69. The van der Waals surface area contributed by atoms with Crippen LogP contribution >= 0.6 is 0 Å². The van der Waals surface area contributed by atoms with Crippen molar-refractivity contribution in [3.63, 3.8) is 0 Å². The van der Waals surface area contributed by atoms with E-state index in [-0.39, 0.29) is 11.3 Å². The van der Waals surface area contributed by atoms with E-state index in [4.69, 9.17) is 9.47 Å². The zero-order valence-corrected chi connectivity index (χ0v) is 16.5. The maximum absolute atomic E-state index is 13.0. The smallest absolute Gasteiger partial charge is 0.254 e. The zero-order chi connectivity index (χ0) is 18.7. The molecule has 3 aliphatic heterocycles. The van der Waals surface area contributed by atoms with Gasteiger partial charge >= 0.3 is 0 Å². The molecule has 3 saturated heterocycles. The molecular weight excluding hydrogens is 340 g/mol. The second-order valence-electron chi connectivity index (χ2n) is 8.60. The normalized spacial score (nSPS) is 27.2. The molecule has 0 N–H and O–H groups in total. The predicted molar refractivity (Wildman–Crippen MR) is 105 cm³/mol. The first-order valence-corrected chi connectivity index (χ1v) is 10.4. The van der Waals surface area contributed by atoms with Gasteiger partial charge in [-0.2, -0.15) is 0 Å². The minimum absolute atomic E-state index is 0.146. The van der Waals surface area contributed by atoms with E-state index in [1.165, 1.54) is 38.8 Å². The number of carbonyl (C=O) groups is 1. The highest BCUT2D eigenvalue weighted by Gasteiger charge is 2.43. The van der Waals surface area contributed by atoms with Crippen molar-refractivity contribution >= 4 is 5.91 Å². The number of methoxy groups -OCH3 is 1. The molecule has 0 unspecified atom stereocenters. The van der Waals surface area contributed by atoms with Crippen LogP contribution in [0.2, 0.25) is 0 Å². The van der Waals surface area contributed by atoms with Gasteiger partial charge in [-0.15, -0.1) is 0 Å². The molecular formula is C22H32N2O3. The highest BCUT2D eigenvalue weighted by atomic mass is 16.5. The maximum atomic E-state index is 13.0. The summed E-state index contributed by atoms with van der Waals surface area (Å²) in [4.78, 5) is 17.7. The minimum Gasteiger partial charge on any atom is -0.497 e. The molecule has 0 aromatic heterocycles. The molecule has 3 aliphatic rings. The van der Waals surface area contributed by atoms with Crippen LogP contribution in [0.3, 0.4) is 0 Å². The van der Waals surface area contributed by atoms with Gasteiger partial charge in [0.05, 0.1) is 7.11 Å². The Morgan fingerprint density at radius 3 is 2.89 bits per heavy atom. The Morgan fingerprint density at radius 1 is 1.22 bits per heavy atom. The number of hydrogen-bond acceptors (Lipinski definition) is 4. The lowest BCUT2D eigenvalue weighted by Gasteiger charge is -2.42. The van der Waals surface area contributed by atoms with E-state index in [1.807, 2.05) is 24.3 Å². The molecule has 1 spiro atoms. The molecule has 3 heterocycles. The molecule has 3 fully saturated rings. The SMILES string of the molecule is COc1cccc(C(=O)N2CC[C@@]3(CCCN(CC4CCOCC4)C3)C2)c1. The number of likely N-dealkylation sites (tertiary alicyclic amines) is 2. The summed E-state index contributed by atoms with van der Waals surface area (Å²) in [5, 5.41) is 0. The van der Waals surface area contributed by atoms with Crippen molar-refractivity contribution in [3.05, 3.63) is 29.8 Å². The second kappa shape index (κ2) is 8.19. The maximum Gasteiger partial charge on any atom is 0.254 e. The Balaban J connectivity index is 1.37. The second-order valence-corrected chi connectivity index (χ2v) is 8.60. The van der Waals surface area contributed by atoms with Gasteiger partial charge in [-0.25, -0.2) is 0 Å². The van der Waals surface area contributed by atoms with Gasteiger partial charge in [0.15, 0.2) is 0 Å². The van der Waals surface area contributed by atoms with Crippen LogP contribution in [-0.2, 0) is 4.74 Å². The van der Waals surface area contributed by atoms with Gasteiger partial charge in [-0.1, -0.05) is 6.07 Å². The molecule has 5 heteroatoms. The summed E-state index contributed by atoms with van der Waals surface area (Å²) < 4.78 is 10.8. The van der Waals surface area contributed by atoms with Crippen molar-refractivity contribution in [2.75, 3.05) is 53.0 Å². The molecule has 5 nitrogen and oxygen atoms in total. The van der Waals surface area contributed by atoms with E-state index in [0.29, 0.717) is 0 Å².